The monoisotopic (exact) mass is 444 g/mol. The molecule has 8 nitrogen and oxygen atoms in total. The van der Waals surface area contributed by atoms with Gasteiger partial charge < -0.3 is 20.1 Å². The van der Waals surface area contributed by atoms with Gasteiger partial charge in [0.15, 0.2) is 5.82 Å². The van der Waals surface area contributed by atoms with Gasteiger partial charge in [-0.05, 0) is 50.1 Å². The fraction of sp³-hybridized carbons (Fsp3) is 0.500. The molecule has 2 aliphatic rings. The summed E-state index contributed by atoms with van der Waals surface area (Å²) in [4.78, 5) is 11.5. The van der Waals surface area contributed by atoms with Gasteiger partial charge in [-0.2, -0.15) is 5.10 Å². The molecule has 0 amide bonds. The number of rotatable bonds is 3. The molecule has 3 aromatic rings. The molecule has 0 spiro atoms. The average Bonchev–Trinajstić information content (AvgIpc) is 3.16. The van der Waals surface area contributed by atoms with Crippen LogP contribution < -0.4 is 10.2 Å². The number of halogens is 1. The number of nitrogens with zero attached hydrogens (tertiary/aromatic N) is 5. The number of aryl methyl sites for hydroxylation is 2. The Hall–Kier alpha value is -2.26. The van der Waals surface area contributed by atoms with Crippen molar-refractivity contribution in [2.45, 2.75) is 32.3 Å². The van der Waals surface area contributed by atoms with Crippen molar-refractivity contribution in [2.75, 3.05) is 44.3 Å². The largest absolute Gasteiger partial charge is 0.391 e. The molecule has 9 heteroatoms. The highest BCUT2D eigenvalue weighted by molar-refractivity contribution is 5.85. The summed E-state index contributed by atoms with van der Waals surface area (Å²) in [5.41, 5.74) is 3.39. The van der Waals surface area contributed by atoms with Crippen molar-refractivity contribution in [1.29, 1.82) is 0 Å². The Morgan fingerprint density at radius 3 is 2.65 bits per heavy atom. The third-order valence-corrected chi connectivity index (χ3v) is 6.17. The molecule has 0 aliphatic carbocycles. The first-order valence-electron chi connectivity index (χ1n) is 10.7. The summed E-state index contributed by atoms with van der Waals surface area (Å²) in [6.07, 6.45) is 2.44. The van der Waals surface area contributed by atoms with E-state index >= 15 is 0 Å². The lowest BCUT2D eigenvalue weighted by Gasteiger charge is -2.30. The minimum Gasteiger partial charge on any atom is -0.391 e. The number of aromatic nitrogens is 4. The zero-order valence-electron chi connectivity index (χ0n) is 17.9. The number of hydrogen-bond donors (Lipinski definition) is 2. The average molecular weight is 445 g/mol. The van der Waals surface area contributed by atoms with Gasteiger partial charge in [-0.25, -0.2) is 14.6 Å². The van der Waals surface area contributed by atoms with Crippen molar-refractivity contribution in [1.82, 2.24) is 25.1 Å². The fourth-order valence-corrected chi connectivity index (χ4v) is 4.59. The lowest BCUT2D eigenvalue weighted by atomic mass is 9.85. The molecule has 4 heterocycles. The van der Waals surface area contributed by atoms with E-state index in [0.717, 1.165) is 54.4 Å². The Morgan fingerprint density at radius 1 is 1.10 bits per heavy atom. The van der Waals surface area contributed by atoms with Crippen LogP contribution in [0.1, 0.15) is 29.3 Å². The van der Waals surface area contributed by atoms with Crippen LogP contribution in [0, 0.1) is 13.8 Å². The molecule has 2 fully saturated rings. The third-order valence-electron chi connectivity index (χ3n) is 6.17. The van der Waals surface area contributed by atoms with Gasteiger partial charge in [0, 0.05) is 37.0 Å². The Morgan fingerprint density at radius 2 is 1.87 bits per heavy atom. The van der Waals surface area contributed by atoms with Gasteiger partial charge >= 0.3 is 0 Å². The van der Waals surface area contributed by atoms with Crippen LogP contribution in [0.4, 0.5) is 5.82 Å². The summed E-state index contributed by atoms with van der Waals surface area (Å²) in [5, 5.41) is 19.5. The lowest BCUT2D eigenvalue weighted by molar-refractivity contribution is 0.118. The van der Waals surface area contributed by atoms with E-state index in [4.69, 9.17) is 4.74 Å². The molecule has 2 atom stereocenters. The summed E-state index contributed by atoms with van der Waals surface area (Å²) in [6, 6.07) is 6.35. The second-order valence-electron chi connectivity index (χ2n) is 8.22. The van der Waals surface area contributed by atoms with E-state index in [1.54, 1.807) is 0 Å². The number of aliphatic hydroxyl groups excluding tert-OH is 1. The van der Waals surface area contributed by atoms with Crippen molar-refractivity contribution in [2.24, 2.45) is 0 Å². The molecule has 166 valence electrons. The minimum absolute atomic E-state index is 0. The Kier molecular flexibility index (Phi) is 6.43. The molecule has 2 aromatic heterocycles. The summed E-state index contributed by atoms with van der Waals surface area (Å²) >= 11 is 0. The quantitative estimate of drug-likeness (QED) is 0.639. The number of anilines is 1. The number of ether oxygens (including phenoxy) is 1. The van der Waals surface area contributed by atoms with Crippen LogP contribution in [0.15, 0.2) is 24.4 Å². The predicted octanol–water partition coefficient (Wildman–Crippen LogP) is 2.13. The molecule has 0 saturated carbocycles. The van der Waals surface area contributed by atoms with Gasteiger partial charge in [0.2, 0.25) is 0 Å². The van der Waals surface area contributed by atoms with Gasteiger partial charge in [-0.1, -0.05) is 0 Å². The Bertz CT molecular complexity index is 1070. The molecular weight excluding hydrogens is 416 g/mol. The number of benzene rings is 1. The van der Waals surface area contributed by atoms with E-state index in [0.29, 0.717) is 19.8 Å². The van der Waals surface area contributed by atoms with Crippen molar-refractivity contribution >= 4 is 29.1 Å². The Balaban J connectivity index is 0.00000231. The van der Waals surface area contributed by atoms with E-state index in [1.165, 1.54) is 11.1 Å². The second kappa shape index (κ2) is 9.08. The maximum absolute atomic E-state index is 10.6. The zero-order chi connectivity index (χ0) is 20.7. The number of β-amino-alcohol motifs (C(OH)–C–C–N with tert-alkyl or cyclic N) is 1. The molecular formula is C22H29ClN6O2. The summed E-state index contributed by atoms with van der Waals surface area (Å²) < 4.78 is 7.37. The molecule has 2 aliphatic heterocycles. The predicted molar refractivity (Wildman–Crippen MR) is 123 cm³/mol. The topological polar surface area (TPSA) is 88.3 Å². The number of nitrogens with one attached hydrogen (secondary N) is 1. The normalized spacial score (nSPS) is 21.8. The van der Waals surface area contributed by atoms with Crippen LogP contribution in [0.3, 0.4) is 0 Å². The van der Waals surface area contributed by atoms with Gasteiger partial charge in [0.1, 0.15) is 11.6 Å². The summed E-state index contributed by atoms with van der Waals surface area (Å²) in [7, 11) is 0. The standard InChI is InChI=1S/C22H28N6O2.ClH/c1-14-9-16-12-24-28(19(16)10-18(14)17-3-4-23-13-20(17)29)22-11-21(25-15(2)26-22)27-5-7-30-8-6-27;/h9-12,17,20,23,29H,3-8,13H2,1-2H3;1H/t17-,20+;/m1./s1. The first-order chi connectivity index (χ1) is 14.6. The second-order valence-corrected chi connectivity index (χ2v) is 8.22. The van der Waals surface area contributed by atoms with E-state index in [9.17, 15) is 5.11 Å². The number of aliphatic hydroxyl groups is 1. The van der Waals surface area contributed by atoms with Gasteiger partial charge in [-0.3, -0.25) is 0 Å². The number of piperidine rings is 1. The van der Waals surface area contributed by atoms with Crippen molar-refractivity contribution in [3.05, 3.63) is 41.3 Å². The first kappa shape index (κ1) is 22.0. The van der Waals surface area contributed by atoms with Crippen LogP contribution in [-0.4, -0.2) is 70.4 Å². The Labute approximate surface area is 188 Å². The third kappa shape index (κ3) is 4.25. The molecule has 0 bridgehead atoms. The number of morpholine rings is 1. The molecule has 0 unspecified atom stereocenters. The van der Waals surface area contributed by atoms with E-state index in [2.05, 4.69) is 44.3 Å². The van der Waals surface area contributed by atoms with Crippen molar-refractivity contribution in [3.63, 3.8) is 0 Å². The van der Waals surface area contributed by atoms with Crippen LogP contribution in [0.5, 0.6) is 0 Å². The molecule has 2 saturated heterocycles. The molecule has 5 rings (SSSR count). The highest BCUT2D eigenvalue weighted by Gasteiger charge is 2.26. The number of hydrogen-bond acceptors (Lipinski definition) is 7. The van der Waals surface area contributed by atoms with Crippen LogP contribution in [-0.2, 0) is 4.74 Å². The maximum Gasteiger partial charge on any atom is 0.159 e. The molecule has 31 heavy (non-hydrogen) atoms. The van der Waals surface area contributed by atoms with Crippen LogP contribution >= 0.6 is 12.4 Å². The summed E-state index contributed by atoms with van der Waals surface area (Å²) in [6.45, 7) is 8.67. The van der Waals surface area contributed by atoms with Gasteiger partial charge in [0.05, 0.1) is 31.0 Å². The zero-order valence-corrected chi connectivity index (χ0v) is 18.7. The summed E-state index contributed by atoms with van der Waals surface area (Å²) in [5.74, 6) is 2.53. The smallest absolute Gasteiger partial charge is 0.159 e. The van der Waals surface area contributed by atoms with Crippen molar-refractivity contribution in [3.8, 4) is 5.82 Å². The number of fused-ring (bicyclic) bond motifs is 1. The SMILES string of the molecule is Cc1nc(N2CCOCC2)cc(-n2ncc3cc(C)c([C@H]4CCNC[C@@H]4O)cc32)n1.Cl. The van der Waals surface area contributed by atoms with E-state index in [-0.39, 0.29) is 24.4 Å². The highest BCUT2D eigenvalue weighted by atomic mass is 35.5. The maximum atomic E-state index is 10.6. The molecule has 2 N–H and O–H groups in total. The highest BCUT2D eigenvalue weighted by Crippen LogP contribution is 2.32. The van der Waals surface area contributed by atoms with Crippen LogP contribution in [0.2, 0.25) is 0 Å². The van der Waals surface area contributed by atoms with Gasteiger partial charge in [0.25, 0.3) is 0 Å². The van der Waals surface area contributed by atoms with Crippen molar-refractivity contribution < 1.29 is 9.84 Å². The lowest BCUT2D eigenvalue weighted by Crippen LogP contribution is -2.39. The first-order valence-corrected chi connectivity index (χ1v) is 10.7. The molecule has 0 radical (unpaired) electrons. The minimum atomic E-state index is -0.375. The van der Waals surface area contributed by atoms with E-state index in [1.807, 2.05) is 23.9 Å². The molecule has 1 aromatic carbocycles. The van der Waals surface area contributed by atoms with E-state index < -0.39 is 0 Å². The fourth-order valence-electron chi connectivity index (χ4n) is 4.59. The van der Waals surface area contributed by atoms with Crippen LogP contribution in [0.25, 0.3) is 16.7 Å². The van der Waals surface area contributed by atoms with Gasteiger partial charge in [-0.15, -0.1) is 12.4 Å².